The molecule has 226 valence electrons. The maximum Gasteiger partial charge on any atom is 0.408 e. The number of fused-ring (bicyclic) bond motifs is 1. The van der Waals surface area contributed by atoms with Crippen LogP contribution in [0.3, 0.4) is 0 Å². The monoisotopic (exact) mass is 600 g/mol. The van der Waals surface area contributed by atoms with Crippen molar-refractivity contribution in [3.8, 4) is 11.3 Å². The van der Waals surface area contributed by atoms with Crippen LogP contribution in [0.25, 0.3) is 22.2 Å². The van der Waals surface area contributed by atoms with Gasteiger partial charge in [0.05, 0.1) is 18.3 Å². The van der Waals surface area contributed by atoms with Gasteiger partial charge in [0.2, 0.25) is 0 Å². The fourth-order valence-corrected chi connectivity index (χ4v) is 4.78. The van der Waals surface area contributed by atoms with Gasteiger partial charge in [-0.25, -0.2) is 13.6 Å². The van der Waals surface area contributed by atoms with E-state index < -0.39 is 53.0 Å². The van der Waals surface area contributed by atoms with Gasteiger partial charge < -0.3 is 15.4 Å². The topological polar surface area (TPSA) is 93.2 Å². The molecule has 2 N–H and O–H groups in total. The number of amides is 1. The molecule has 2 aromatic carbocycles. The van der Waals surface area contributed by atoms with E-state index in [-0.39, 0.29) is 12.8 Å². The Morgan fingerprint density at radius 2 is 1.70 bits per heavy atom. The summed E-state index contributed by atoms with van der Waals surface area (Å²) < 4.78 is 74.0. The first-order valence-corrected chi connectivity index (χ1v) is 13.4. The number of aryl methyl sites for hydroxylation is 1. The molecule has 0 aliphatic rings. The summed E-state index contributed by atoms with van der Waals surface area (Å²) in [7, 11) is 1.10. The van der Waals surface area contributed by atoms with Crippen LogP contribution in [0.4, 0.5) is 27.6 Å². The van der Waals surface area contributed by atoms with E-state index in [0.29, 0.717) is 28.6 Å². The minimum Gasteiger partial charge on any atom is -0.467 e. The molecule has 0 bridgehead atoms. The third kappa shape index (κ3) is 6.73. The molecule has 0 aliphatic heterocycles. The van der Waals surface area contributed by atoms with Crippen molar-refractivity contribution in [1.82, 2.24) is 15.3 Å². The molecule has 12 heteroatoms. The van der Waals surface area contributed by atoms with E-state index in [1.807, 2.05) is 25.2 Å². The Labute approximate surface area is 244 Å². The van der Waals surface area contributed by atoms with Crippen LogP contribution in [-0.4, -0.2) is 47.2 Å². The van der Waals surface area contributed by atoms with Gasteiger partial charge in [-0.1, -0.05) is 25.1 Å². The lowest BCUT2D eigenvalue weighted by atomic mass is 9.95. The molecule has 4 aromatic rings. The highest BCUT2D eigenvalue weighted by molar-refractivity contribution is 5.99. The number of ether oxygens (including phenoxy) is 1. The number of nitrogens with one attached hydrogen (secondary N) is 2. The third-order valence-corrected chi connectivity index (χ3v) is 7.22. The molecule has 0 saturated carbocycles. The van der Waals surface area contributed by atoms with Crippen LogP contribution in [-0.2, 0) is 16.0 Å². The normalized spacial score (nSPS) is 13.0. The summed E-state index contributed by atoms with van der Waals surface area (Å²) in [5, 5.41) is 5.01. The summed E-state index contributed by atoms with van der Waals surface area (Å²) in [6.07, 6.45) is -1.85. The van der Waals surface area contributed by atoms with E-state index in [2.05, 4.69) is 15.3 Å². The number of nitrogens with zero attached hydrogens (tertiary/aromatic N) is 2. The van der Waals surface area contributed by atoms with Crippen molar-refractivity contribution in [3.63, 3.8) is 0 Å². The molecule has 1 amide bonds. The van der Waals surface area contributed by atoms with Gasteiger partial charge in [-0.05, 0) is 61.2 Å². The highest BCUT2D eigenvalue weighted by Crippen LogP contribution is 2.32. The Kier molecular flexibility index (Phi) is 9.27. The van der Waals surface area contributed by atoms with Gasteiger partial charge in [-0.3, -0.25) is 14.8 Å². The van der Waals surface area contributed by atoms with Gasteiger partial charge in [0.1, 0.15) is 29.3 Å². The standard InChI is InChI=1S/C31H29F5N4O3/c1-5-25(31(34,35)36)39-19-14-22(32)26(23(33)15-19)29(41)40-24(30(42)43-4)13-18-8-9-21(28-20(18)7-6-11-37-28)27-17(3)16(2)10-12-38-27/h6-12,14-15,24-25,39H,5,13H2,1-4H3,(H,40,41)/t24-,25+/m0/s1. The fraction of sp³-hybridized carbons (Fsp3) is 0.290. The second-order valence-electron chi connectivity index (χ2n) is 9.99. The Hall–Kier alpha value is -4.61. The first-order valence-electron chi connectivity index (χ1n) is 13.4. The van der Waals surface area contributed by atoms with Crippen molar-refractivity contribution in [1.29, 1.82) is 0 Å². The van der Waals surface area contributed by atoms with Crippen LogP contribution in [0.2, 0.25) is 0 Å². The number of benzene rings is 2. The lowest BCUT2D eigenvalue weighted by Crippen LogP contribution is -2.43. The number of pyridine rings is 2. The Morgan fingerprint density at radius 1 is 1.00 bits per heavy atom. The third-order valence-electron chi connectivity index (χ3n) is 7.22. The molecule has 4 rings (SSSR count). The molecule has 2 heterocycles. The van der Waals surface area contributed by atoms with Crippen LogP contribution in [0.5, 0.6) is 0 Å². The number of alkyl halides is 3. The SMILES string of the molecule is CC[C@@H](Nc1cc(F)c(C(=O)N[C@@H](Cc2ccc(-c3nccc(C)c3C)c3ncccc23)C(=O)OC)c(F)c1)C(F)(F)F. The van der Waals surface area contributed by atoms with E-state index in [9.17, 15) is 31.5 Å². The summed E-state index contributed by atoms with van der Waals surface area (Å²) in [6.45, 7) is 5.18. The highest BCUT2D eigenvalue weighted by Gasteiger charge is 2.38. The van der Waals surface area contributed by atoms with E-state index in [1.54, 1.807) is 36.7 Å². The predicted molar refractivity (Wildman–Crippen MR) is 152 cm³/mol. The van der Waals surface area contributed by atoms with Crippen molar-refractivity contribution in [2.45, 2.75) is 51.9 Å². The molecule has 2 aromatic heterocycles. The molecular weight excluding hydrogens is 571 g/mol. The summed E-state index contributed by atoms with van der Waals surface area (Å²) in [5.41, 5.74) is 3.15. The van der Waals surface area contributed by atoms with Crippen LogP contribution >= 0.6 is 0 Å². The zero-order valence-corrected chi connectivity index (χ0v) is 23.8. The van der Waals surface area contributed by atoms with Gasteiger partial charge in [-0.15, -0.1) is 0 Å². The van der Waals surface area contributed by atoms with E-state index in [1.165, 1.54) is 6.92 Å². The van der Waals surface area contributed by atoms with Gasteiger partial charge in [0, 0.05) is 35.5 Å². The summed E-state index contributed by atoms with van der Waals surface area (Å²) in [4.78, 5) is 34.7. The first kappa shape index (κ1) is 31.3. The Bertz CT molecular complexity index is 1650. The summed E-state index contributed by atoms with van der Waals surface area (Å²) in [5.74, 6) is -4.96. The quantitative estimate of drug-likeness (QED) is 0.169. The second kappa shape index (κ2) is 12.7. The van der Waals surface area contributed by atoms with Gasteiger partial charge in [0.25, 0.3) is 5.91 Å². The van der Waals surface area contributed by atoms with E-state index >= 15 is 0 Å². The number of esters is 1. The van der Waals surface area contributed by atoms with Crippen LogP contribution < -0.4 is 10.6 Å². The maximum absolute atomic E-state index is 14.9. The van der Waals surface area contributed by atoms with Crippen LogP contribution in [0.1, 0.15) is 40.4 Å². The van der Waals surface area contributed by atoms with Gasteiger partial charge in [0.15, 0.2) is 0 Å². The minimum absolute atomic E-state index is 0.117. The predicted octanol–water partition coefficient (Wildman–Crippen LogP) is 6.46. The number of halogens is 5. The van der Waals surface area contributed by atoms with Crippen molar-refractivity contribution in [3.05, 3.63) is 88.7 Å². The maximum atomic E-state index is 14.9. The molecule has 7 nitrogen and oxygen atoms in total. The van der Waals surface area contributed by atoms with E-state index in [4.69, 9.17) is 4.74 Å². The molecule has 0 aliphatic carbocycles. The zero-order valence-electron chi connectivity index (χ0n) is 23.8. The molecule has 43 heavy (non-hydrogen) atoms. The van der Waals surface area contributed by atoms with Gasteiger partial charge >= 0.3 is 12.1 Å². The minimum atomic E-state index is -4.65. The lowest BCUT2D eigenvalue weighted by molar-refractivity contribution is -0.143. The fourth-order valence-electron chi connectivity index (χ4n) is 4.78. The smallest absolute Gasteiger partial charge is 0.408 e. The van der Waals surface area contributed by atoms with Crippen molar-refractivity contribution in [2.24, 2.45) is 0 Å². The molecule has 0 saturated heterocycles. The van der Waals surface area contributed by atoms with Crippen LogP contribution in [0.15, 0.2) is 54.9 Å². The Morgan fingerprint density at radius 3 is 2.33 bits per heavy atom. The lowest BCUT2D eigenvalue weighted by Gasteiger charge is -2.22. The van der Waals surface area contributed by atoms with Gasteiger partial charge in [-0.2, -0.15) is 13.2 Å². The molecule has 0 unspecified atom stereocenters. The van der Waals surface area contributed by atoms with Crippen LogP contribution in [0, 0.1) is 25.5 Å². The molecule has 2 atom stereocenters. The summed E-state index contributed by atoms with van der Waals surface area (Å²) >= 11 is 0. The number of rotatable bonds is 9. The number of anilines is 1. The number of carbonyl (C=O) groups is 2. The largest absolute Gasteiger partial charge is 0.467 e. The summed E-state index contributed by atoms with van der Waals surface area (Å²) in [6, 6.07) is 6.72. The average molecular weight is 601 g/mol. The van der Waals surface area contributed by atoms with Crippen molar-refractivity contribution in [2.75, 3.05) is 12.4 Å². The average Bonchev–Trinajstić information content (AvgIpc) is 2.96. The number of methoxy groups -OCH3 is 1. The molecular formula is C31H29F5N4O3. The number of aromatic nitrogens is 2. The van der Waals surface area contributed by atoms with Crippen molar-refractivity contribution >= 4 is 28.5 Å². The zero-order chi connectivity index (χ0) is 31.5. The first-order chi connectivity index (χ1) is 20.3. The number of hydrogen-bond acceptors (Lipinski definition) is 6. The molecule has 0 fully saturated rings. The number of carbonyl (C=O) groups excluding carboxylic acids is 2. The Balaban J connectivity index is 1.65. The van der Waals surface area contributed by atoms with Crippen molar-refractivity contribution < 1.29 is 36.3 Å². The highest BCUT2D eigenvalue weighted by atomic mass is 19.4. The second-order valence-corrected chi connectivity index (χ2v) is 9.99. The van der Waals surface area contributed by atoms with E-state index in [0.717, 1.165) is 29.5 Å². The molecule has 0 spiro atoms. The molecule has 0 radical (unpaired) electrons. The number of hydrogen-bond donors (Lipinski definition) is 2.